The topological polar surface area (TPSA) is 58.4 Å². The van der Waals surface area contributed by atoms with Crippen LogP contribution in [0.5, 0.6) is 0 Å². The highest BCUT2D eigenvalue weighted by molar-refractivity contribution is 9.09. The van der Waals surface area contributed by atoms with Gasteiger partial charge in [-0.05, 0) is 13.8 Å². The minimum Gasteiger partial charge on any atom is -0.334 e. The van der Waals surface area contributed by atoms with Crippen LogP contribution in [0.25, 0.3) is 0 Å². The average Bonchev–Trinajstić information content (AvgIpc) is 2.82. The van der Waals surface area contributed by atoms with E-state index >= 15 is 0 Å². The van der Waals surface area contributed by atoms with Crippen LogP contribution in [0.15, 0.2) is 11.2 Å². The quantitative estimate of drug-likeness (QED) is 0.728. The summed E-state index contributed by atoms with van der Waals surface area (Å²) in [5, 5.41) is 1.09. The van der Waals surface area contributed by atoms with Gasteiger partial charge < -0.3 is 4.57 Å². The molecule has 0 amide bonds. The van der Waals surface area contributed by atoms with Crippen LogP contribution in [0.3, 0.4) is 0 Å². The van der Waals surface area contributed by atoms with Gasteiger partial charge in [0.1, 0.15) is 5.82 Å². The fourth-order valence-corrected chi connectivity index (χ4v) is 4.29. The number of imidazole rings is 1. The third kappa shape index (κ3) is 3.24. The fourth-order valence-electron chi connectivity index (χ4n) is 2.37. The van der Waals surface area contributed by atoms with Crippen LogP contribution in [0.2, 0.25) is 0 Å². The van der Waals surface area contributed by atoms with Crippen LogP contribution in [0.1, 0.15) is 12.7 Å². The summed E-state index contributed by atoms with van der Waals surface area (Å²) < 4.78 is 28.5. The van der Waals surface area contributed by atoms with E-state index in [1.165, 1.54) is 0 Å². The van der Waals surface area contributed by atoms with E-state index in [9.17, 15) is 8.42 Å². The second kappa shape index (κ2) is 6.55. The molecule has 114 valence electrons. The number of alkyl halides is 1. The van der Waals surface area contributed by atoms with Crippen molar-refractivity contribution in [2.24, 2.45) is 0 Å². The number of nitrogens with zero attached hydrogens (tertiary/aromatic N) is 4. The highest BCUT2D eigenvalue weighted by atomic mass is 79.9. The van der Waals surface area contributed by atoms with Crippen LogP contribution < -0.4 is 0 Å². The molecule has 0 atom stereocenters. The van der Waals surface area contributed by atoms with Crippen LogP contribution in [0.4, 0.5) is 0 Å². The van der Waals surface area contributed by atoms with E-state index in [1.807, 2.05) is 18.4 Å². The molecule has 1 aliphatic rings. The van der Waals surface area contributed by atoms with Crippen molar-refractivity contribution in [3.63, 3.8) is 0 Å². The van der Waals surface area contributed by atoms with E-state index in [4.69, 9.17) is 0 Å². The third-order valence-corrected chi connectivity index (χ3v) is 5.76. The minimum atomic E-state index is -3.45. The van der Waals surface area contributed by atoms with Crippen molar-refractivity contribution in [1.82, 2.24) is 18.8 Å². The lowest BCUT2D eigenvalue weighted by Crippen LogP contribution is -2.49. The van der Waals surface area contributed by atoms with Gasteiger partial charge in [-0.1, -0.05) is 15.9 Å². The first-order chi connectivity index (χ1) is 9.48. The number of hydrogen-bond donors (Lipinski definition) is 0. The van der Waals surface area contributed by atoms with Gasteiger partial charge >= 0.3 is 0 Å². The van der Waals surface area contributed by atoms with Gasteiger partial charge in [0.15, 0.2) is 5.03 Å². The van der Waals surface area contributed by atoms with Crippen LogP contribution in [-0.4, -0.2) is 65.2 Å². The molecule has 1 fully saturated rings. The number of rotatable bonds is 5. The molecule has 20 heavy (non-hydrogen) atoms. The molecule has 0 saturated carbocycles. The highest BCUT2D eigenvalue weighted by Crippen LogP contribution is 2.17. The molecule has 6 nitrogen and oxygen atoms in total. The Morgan fingerprint density at radius 1 is 1.30 bits per heavy atom. The first-order valence-electron chi connectivity index (χ1n) is 6.81. The zero-order valence-corrected chi connectivity index (χ0v) is 14.3. The van der Waals surface area contributed by atoms with Crippen molar-refractivity contribution in [2.75, 3.05) is 38.1 Å². The molecule has 0 unspecified atom stereocenters. The maximum absolute atomic E-state index is 12.6. The van der Waals surface area contributed by atoms with Crippen molar-refractivity contribution in [3.05, 3.63) is 12.0 Å². The number of piperazine rings is 1. The molecule has 2 heterocycles. The van der Waals surface area contributed by atoms with Crippen LogP contribution in [-0.2, 0) is 16.6 Å². The predicted octanol–water partition coefficient (Wildman–Crippen LogP) is 0.913. The van der Waals surface area contributed by atoms with Gasteiger partial charge in [-0.15, -0.1) is 0 Å². The molecular weight excluding hydrogens is 344 g/mol. The normalized spacial score (nSPS) is 18.6. The molecule has 0 N–H and O–H groups in total. The molecular formula is C12H21BrN4O2S. The summed E-state index contributed by atoms with van der Waals surface area (Å²) in [7, 11) is -3.45. The van der Waals surface area contributed by atoms with Crippen molar-refractivity contribution in [1.29, 1.82) is 0 Å². The molecule has 0 aliphatic carbocycles. The van der Waals surface area contributed by atoms with Crippen molar-refractivity contribution in [3.8, 4) is 0 Å². The van der Waals surface area contributed by atoms with Gasteiger partial charge in [-0.25, -0.2) is 13.4 Å². The highest BCUT2D eigenvalue weighted by Gasteiger charge is 2.30. The number of halogens is 1. The Labute approximate surface area is 128 Å². The lowest BCUT2D eigenvalue weighted by atomic mass is 10.4. The molecule has 1 aromatic rings. The van der Waals surface area contributed by atoms with Crippen molar-refractivity contribution >= 4 is 26.0 Å². The van der Waals surface area contributed by atoms with Crippen molar-refractivity contribution in [2.45, 2.75) is 25.4 Å². The predicted molar refractivity (Wildman–Crippen MR) is 81.6 cm³/mol. The van der Waals surface area contributed by atoms with Crippen molar-refractivity contribution < 1.29 is 8.42 Å². The second-order valence-corrected chi connectivity index (χ2v) is 7.52. The van der Waals surface area contributed by atoms with Crippen LogP contribution >= 0.6 is 15.9 Å². The number of hydrogen-bond acceptors (Lipinski definition) is 4. The van der Waals surface area contributed by atoms with Gasteiger partial charge in [0.05, 0.1) is 0 Å². The zero-order chi connectivity index (χ0) is 14.8. The SMILES string of the molecule is CCn1cc(S(=O)(=O)N2CCN(CCBr)CC2)nc1C. The maximum atomic E-state index is 12.6. The largest absolute Gasteiger partial charge is 0.334 e. The zero-order valence-electron chi connectivity index (χ0n) is 11.9. The summed E-state index contributed by atoms with van der Waals surface area (Å²) in [5.41, 5.74) is 0. The van der Waals surface area contributed by atoms with Crippen LogP contribution in [0, 0.1) is 6.92 Å². The Kier molecular flexibility index (Phi) is 5.22. The van der Waals surface area contributed by atoms with Gasteiger partial charge in [-0.3, -0.25) is 4.90 Å². The lowest BCUT2D eigenvalue weighted by Gasteiger charge is -2.33. The standard InChI is InChI=1S/C12H21BrN4O2S/c1-3-16-10-12(14-11(16)2)20(18,19)17-8-6-15(5-4-13)7-9-17/h10H,3-9H2,1-2H3. The Morgan fingerprint density at radius 3 is 2.45 bits per heavy atom. The summed E-state index contributed by atoms with van der Waals surface area (Å²) in [6.45, 7) is 8.11. The second-order valence-electron chi connectivity index (χ2n) is 4.85. The monoisotopic (exact) mass is 364 g/mol. The van der Waals surface area contributed by atoms with Gasteiger partial charge in [0, 0.05) is 50.8 Å². The smallest absolute Gasteiger partial charge is 0.262 e. The molecule has 0 radical (unpaired) electrons. The van der Waals surface area contributed by atoms with Gasteiger partial charge in [0.2, 0.25) is 0 Å². The van der Waals surface area contributed by atoms with E-state index < -0.39 is 10.0 Å². The average molecular weight is 365 g/mol. The fraction of sp³-hybridized carbons (Fsp3) is 0.750. The summed E-state index contributed by atoms with van der Waals surface area (Å²) in [6.07, 6.45) is 1.63. The Balaban J connectivity index is 2.11. The third-order valence-electron chi connectivity index (χ3n) is 3.63. The molecule has 0 bridgehead atoms. The van der Waals surface area contributed by atoms with E-state index in [2.05, 4.69) is 25.8 Å². The Bertz CT molecular complexity index is 550. The molecule has 1 aromatic heterocycles. The maximum Gasteiger partial charge on any atom is 0.262 e. The minimum absolute atomic E-state index is 0.172. The first kappa shape index (κ1) is 15.9. The molecule has 2 rings (SSSR count). The molecule has 1 saturated heterocycles. The Morgan fingerprint density at radius 2 is 1.95 bits per heavy atom. The molecule has 8 heteroatoms. The van der Waals surface area contributed by atoms with Gasteiger partial charge in [-0.2, -0.15) is 4.31 Å². The number of sulfonamides is 1. The molecule has 1 aliphatic heterocycles. The van der Waals surface area contributed by atoms with E-state index in [1.54, 1.807) is 10.5 Å². The summed E-state index contributed by atoms with van der Waals surface area (Å²) in [4.78, 5) is 6.46. The summed E-state index contributed by atoms with van der Waals surface area (Å²) >= 11 is 3.41. The van der Waals surface area contributed by atoms with Gasteiger partial charge in [0.25, 0.3) is 10.0 Å². The lowest BCUT2D eigenvalue weighted by molar-refractivity contribution is 0.198. The number of aryl methyl sites for hydroxylation is 2. The van der Waals surface area contributed by atoms with E-state index in [0.29, 0.717) is 13.1 Å². The van der Waals surface area contributed by atoms with E-state index in [-0.39, 0.29) is 5.03 Å². The summed E-state index contributed by atoms with van der Waals surface area (Å²) in [5.74, 6) is 0.740. The van der Waals surface area contributed by atoms with E-state index in [0.717, 1.165) is 37.3 Å². The molecule has 0 spiro atoms. The summed E-state index contributed by atoms with van der Waals surface area (Å²) in [6, 6.07) is 0. The first-order valence-corrected chi connectivity index (χ1v) is 9.37. The molecule has 0 aromatic carbocycles. The Hall–Kier alpha value is -0.440. The number of aromatic nitrogens is 2.